The first-order valence-corrected chi connectivity index (χ1v) is 10.1. The Hall–Kier alpha value is -2.81. The van der Waals surface area contributed by atoms with E-state index in [4.69, 9.17) is 19.4 Å². The second-order valence-electron chi connectivity index (χ2n) is 6.94. The molecule has 1 aliphatic rings. The highest BCUT2D eigenvalue weighted by Gasteiger charge is 2.24. The smallest absolute Gasteiger partial charge is 0.236 e. The number of anilines is 1. The number of imidazole rings is 1. The van der Waals surface area contributed by atoms with Crippen molar-refractivity contribution in [1.29, 1.82) is 0 Å². The molecule has 9 heteroatoms. The monoisotopic (exact) mass is 459 g/mol. The third-order valence-corrected chi connectivity index (χ3v) is 5.41. The third kappa shape index (κ3) is 3.87. The number of aromatic nitrogens is 3. The molecule has 0 saturated carbocycles. The molecule has 8 nitrogen and oxygen atoms in total. The third-order valence-electron chi connectivity index (χ3n) is 4.95. The molecule has 4 rings (SSSR count). The van der Waals surface area contributed by atoms with Crippen LogP contribution in [0, 0.1) is 0 Å². The van der Waals surface area contributed by atoms with Gasteiger partial charge in [-0.05, 0) is 24.6 Å². The van der Waals surface area contributed by atoms with Gasteiger partial charge in [-0.1, -0.05) is 15.9 Å². The number of halogens is 1. The molecule has 1 fully saturated rings. The first kappa shape index (κ1) is 19.5. The molecule has 0 aliphatic carbocycles. The lowest BCUT2D eigenvalue weighted by Crippen LogP contribution is -2.35. The topological polar surface area (TPSA) is 81.0 Å². The molecule has 0 spiro atoms. The average molecular weight is 460 g/mol. The van der Waals surface area contributed by atoms with Crippen LogP contribution in [0.25, 0.3) is 17.0 Å². The lowest BCUT2D eigenvalue weighted by molar-refractivity contribution is -0.119. The summed E-state index contributed by atoms with van der Waals surface area (Å²) in [5, 5.41) is 2.97. The first-order chi connectivity index (χ1) is 14.0. The van der Waals surface area contributed by atoms with E-state index in [1.807, 2.05) is 35.0 Å². The van der Waals surface area contributed by atoms with Gasteiger partial charge in [-0.2, -0.15) is 4.98 Å². The maximum atomic E-state index is 11.3. The van der Waals surface area contributed by atoms with Crippen LogP contribution >= 0.6 is 15.9 Å². The van der Waals surface area contributed by atoms with Crippen molar-refractivity contribution in [1.82, 2.24) is 19.7 Å². The Morgan fingerprint density at radius 2 is 2.10 bits per heavy atom. The Bertz CT molecular complexity index is 1070. The van der Waals surface area contributed by atoms with Gasteiger partial charge in [-0.3, -0.25) is 9.20 Å². The molecule has 2 aromatic heterocycles. The van der Waals surface area contributed by atoms with Crippen molar-refractivity contribution in [2.45, 2.75) is 19.4 Å². The first-order valence-electron chi connectivity index (χ1n) is 9.28. The van der Waals surface area contributed by atoms with Gasteiger partial charge in [-0.25, -0.2) is 4.98 Å². The van der Waals surface area contributed by atoms with Crippen molar-refractivity contribution in [2.75, 3.05) is 32.2 Å². The molecule has 1 saturated heterocycles. The average Bonchev–Trinajstić information content (AvgIpc) is 3.32. The number of carbonyl (C=O) groups excluding carboxylic acids is 1. The second kappa shape index (κ2) is 7.90. The van der Waals surface area contributed by atoms with Gasteiger partial charge in [0.05, 0.1) is 19.9 Å². The molecular weight excluding hydrogens is 438 g/mol. The number of rotatable bonds is 5. The van der Waals surface area contributed by atoms with E-state index in [2.05, 4.69) is 26.1 Å². The number of amides is 1. The lowest BCUT2D eigenvalue weighted by atomic mass is 10.1. The van der Waals surface area contributed by atoms with Gasteiger partial charge in [-0.15, -0.1) is 0 Å². The maximum Gasteiger partial charge on any atom is 0.236 e. The van der Waals surface area contributed by atoms with Crippen LogP contribution in [0.1, 0.15) is 13.3 Å². The number of ether oxygens (including phenoxy) is 2. The summed E-state index contributed by atoms with van der Waals surface area (Å²) < 4.78 is 13.8. The molecule has 152 valence electrons. The van der Waals surface area contributed by atoms with E-state index in [0.717, 1.165) is 41.1 Å². The van der Waals surface area contributed by atoms with Gasteiger partial charge < -0.3 is 19.7 Å². The molecule has 1 atom stereocenters. The summed E-state index contributed by atoms with van der Waals surface area (Å²) in [7, 11) is 3.22. The molecule has 0 radical (unpaired) electrons. The summed E-state index contributed by atoms with van der Waals surface area (Å²) in [4.78, 5) is 22.9. The van der Waals surface area contributed by atoms with E-state index in [1.54, 1.807) is 21.1 Å². The molecule has 0 bridgehead atoms. The van der Waals surface area contributed by atoms with Crippen LogP contribution in [0.15, 0.2) is 35.1 Å². The number of carbonyl (C=O) groups is 1. The van der Waals surface area contributed by atoms with Crippen molar-refractivity contribution in [3.05, 3.63) is 35.1 Å². The molecule has 1 aliphatic heterocycles. The summed E-state index contributed by atoms with van der Waals surface area (Å²) in [5.74, 6) is 2.69. The van der Waals surface area contributed by atoms with E-state index in [1.165, 1.54) is 0 Å². The van der Waals surface area contributed by atoms with Crippen LogP contribution in [0.5, 0.6) is 11.5 Å². The fourth-order valence-corrected chi connectivity index (χ4v) is 4.10. The van der Waals surface area contributed by atoms with E-state index in [0.29, 0.717) is 17.3 Å². The van der Waals surface area contributed by atoms with Gasteiger partial charge in [0.15, 0.2) is 11.5 Å². The normalized spacial score (nSPS) is 16.3. The van der Waals surface area contributed by atoms with E-state index in [9.17, 15) is 4.79 Å². The van der Waals surface area contributed by atoms with Crippen molar-refractivity contribution in [2.24, 2.45) is 0 Å². The van der Waals surface area contributed by atoms with Crippen molar-refractivity contribution in [3.63, 3.8) is 0 Å². The molecule has 3 heterocycles. The van der Waals surface area contributed by atoms with Crippen molar-refractivity contribution < 1.29 is 14.3 Å². The number of hydrogen-bond acceptors (Lipinski definition) is 6. The fourth-order valence-electron chi connectivity index (χ4n) is 3.66. The molecule has 1 N–H and O–H groups in total. The number of nitrogens with zero attached hydrogens (tertiary/aromatic N) is 4. The molecule has 1 amide bonds. The lowest BCUT2D eigenvalue weighted by Gasteiger charge is -2.17. The van der Waals surface area contributed by atoms with Gasteiger partial charge in [0.1, 0.15) is 5.82 Å². The Labute approximate surface area is 177 Å². The van der Waals surface area contributed by atoms with Crippen LogP contribution in [0.4, 0.5) is 5.82 Å². The fraction of sp³-hybridized carbons (Fsp3) is 0.350. The second-order valence-corrected chi connectivity index (χ2v) is 7.86. The predicted molar refractivity (Wildman–Crippen MR) is 114 cm³/mol. The van der Waals surface area contributed by atoms with Crippen LogP contribution < -0.4 is 19.7 Å². The highest BCUT2D eigenvalue weighted by Crippen LogP contribution is 2.40. The van der Waals surface area contributed by atoms with Gasteiger partial charge in [0, 0.05) is 48.5 Å². The zero-order chi connectivity index (χ0) is 20.5. The van der Waals surface area contributed by atoms with Crippen LogP contribution in [0.3, 0.4) is 0 Å². The maximum absolute atomic E-state index is 11.3. The quantitative estimate of drug-likeness (QED) is 0.631. The predicted octanol–water partition coefficient (Wildman–Crippen LogP) is 2.89. The van der Waals surface area contributed by atoms with Crippen LogP contribution in [0.2, 0.25) is 0 Å². The number of nitrogens with one attached hydrogen (secondary N) is 1. The molecule has 3 aromatic rings. The SMILES string of the molecule is COc1cc(Br)cc(-c2cn3ccc(N4CCC(NC(C)=O)C4)nc3n2)c1OC. The minimum Gasteiger partial charge on any atom is -0.493 e. The van der Waals surface area contributed by atoms with Crippen LogP contribution in [-0.4, -0.2) is 53.6 Å². The zero-order valence-corrected chi connectivity index (χ0v) is 18.1. The van der Waals surface area contributed by atoms with E-state index >= 15 is 0 Å². The Balaban J connectivity index is 1.67. The summed E-state index contributed by atoms with van der Waals surface area (Å²) in [5.41, 5.74) is 1.56. The minimum absolute atomic E-state index is 0.00319. The molecular formula is C20H22BrN5O3. The summed E-state index contributed by atoms with van der Waals surface area (Å²) in [6.07, 6.45) is 4.77. The summed E-state index contributed by atoms with van der Waals surface area (Å²) in [6, 6.07) is 5.92. The van der Waals surface area contributed by atoms with E-state index < -0.39 is 0 Å². The minimum atomic E-state index is -0.00319. The van der Waals surface area contributed by atoms with Gasteiger partial charge in [0.2, 0.25) is 11.7 Å². The summed E-state index contributed by atoms with van der Waals surface area (Å²) in [6.45, 7) is 3.13. The Morgan fingerprint density at radius 3 is 2.83 bits per heavy atom. The number of methoxy groups -OCH3 is 2. The highest BCUT2D eigenvalue weighted by atomic mass is 79.9. The number of benzene rings is 1. The molecule has 1 unspecified atom stereocenters. The van der Waals surface area contributed by atoms with Gasteiger partial charge in [0.25, 0.3) is 0 Å². The largest absolute Gasteiger partial charge is 0.493 e. The Kier molecular flexibility index (Phi) is 5.31. The van der Waals surface area contributed by atoms with E-state index in [-0.39, 0.29) is 11.9 Å². The zero-order valence-electron chi connectivity index (χ0n) is 16.5. The molecule has 1 aromatic carbocycles. The Morgan fingerprint density at radius 1 is 1.28 bits per heavy atom. The molecule has 29 heavy (non-hydrogen) atoms. The van der Waals surface area contributed by atoms with Crippen LogP contribution in [-0.2, 0) is 4.79 Å². The van der Waals surface area contributed by atoms with Crippen molar-refractivity contribution >= 4 is 33.4 Å². The van der Waals surface area contributed by atoms with Gasteiger partial charge >= 0.3 is 0 Å². The number of fused-ring (bicyclic) bond motifs is 1. The standard InChI is InChI=1S/C20H22BrN5O3/c1-12(27)22-14-4-6-25(10-14)18-5-7-26-11-16(23-20(26)24-18)15-8-13(21)9-17(28-2)19(15)29-3/h5,7-9,11,14H,4,6,10H2,1-3H3,(H,22,27). The van der Waals surface area contributed by atoms with Crippen molar-refractivity contribution in [3.8, 4) is 22.8 Å². The number of hydrogen-bond donors (Lipinski definition) is 1. The summed E-state index contributed by atoms with van der Waals surface area (Å²) >= 11 is 3.51. The highest BCUT2D eigenvalue weighted by molar-refractivity contribution is 9.10.